The van der Waals surface area contributed by atoms with Gasteiger partial charge in [0, 0.05) is 15.6 Å². The molecular weight excluding hydrogens is 387 g/mol. The van der Waals surface area contributed by atoms with Gasteiger partial charge in [0.05, 0.1) is 12.2 Å². The number of benzene rings is 3. The van der Waals surface area contributed by atoms with E-state index in [1.807, 2.05) is 30.3 Å². The molecule has 6 heteroatoms. The normalized spacial score (nSPS) is 11.8. The Morgan fingerprint density at radius 2 is 1.74 bits per heavy atom. The van der Waals surface area contributed by atoms with E-state index >= 15 is 0 Å². The van der Waals surface area contributed by atoms with E-state index in [4.69, 9.17) is 37.8 Å². The van der Waals surface area contributed by atoms with Crippen LogP contribution >= 0.6 is 23.2 Å². The van der Waals surface area contributed by atoms with Crippen LogP contribution in [0.5, 0.6) is 5.75 Å². The molecule has 0 bridgehead atoms. The van der Waals surface area contributed by atoms with Crippen molar-refractivity contribution < 1.29 is 19.4 Å². The third kappa shape index (κ3) is 5.23. The van der Waals surface area contributed by atoms with Crippen molar-refractivity contribution in [3.8, 4) is 5.75 Å². The molecule has 1 N–H and O–H groups in total. The molecule has 0 heterocycles. The number of aromatic carboxylic acids is 1. The number of rotatable bonds is 7. The van der Waals surface area contributed by atoms with Gasteiger partial charge in [0.15, 0.2) is 0 Å². The van der Waals surface area contributed by atoms with Gasteiger partial charge in [-0.3, -0.25) is 0 Å². The molecule has 3 aromatic rings. The number of hydrogen-bond acceptors (Lipinski definition) is 3. The maximum atomic E-state index is 11.2. The lowest BCUT2D eigenvalue weighted by atomic mass is 10.2. The summed E-state index contributed by atoms with van der Waals surface area (Å²) in [5, 5.41) is 10.2. The number of carboxylic acid groups (broad SMARTS) is 1. The van der Waals surface area contributed by atoms with Crippen molar-refractivity contribution in [1.29, 1.82) is 0 Å². The lowest BCUT2D eigenvalue weighted by Gasteiger charge is -2.20. The van der Waals surface area contributed by atoms with Crippen LogP contribution < -0.4 is 4.74 Å². The van der Waals surface area contributed by atoms with Crippen molar-refractivity contribution in [1.82, 2.24) is 0 Å². The summed E-state index contributed by atoms with van der Waals surface area (Å²) in [5.41, 5.74) is 1.70. The fourth-order valence-electron chi connectivity index (χ4n) is 2.44. The molecule has 0 saturated heterocycles. The maximum absolute atomic E-state index is 11.2. The van der Waals surface area contributed by atoms with Crippen LogP contribution in [0.2, 0.25) is 10.0 Å². The third-order valence-electron chi connectivity index (χ3n) is 3.80. The highest BCUT2D eigenvalue weighted by atomic mass is 35.5. The highest BCUT2D eigenvalue weighted by Gasteiger charge is 2.16. The van der Waals surface area contributed by atoms with E-state index in [9.17, 15) is 4.79 Å². The minimum Gasteiger partial charge on any atom is -0.478 e. The molecule has 0 saturated carbocycles. The van der Waals surface area contributed by atoms with E-state index in [0.29, 0.717) is 15.8 Å². The molecule has 1 unspecified atom stereocenters. The van der Waals surface area contributed by atoms with Gasteiger partial charge in [-0.25, -0.2) is 4.79 Å². The molecule has 0 aliphatic carbocycles. The van der Waals surface area contributed by atoms with E-state index in [1.165, 1.54) is 12.1 Å². The number of halogens is 2. The maximum Gasteiger partial charge on any atom is 0.335 e. The molecular formula is C21H16Cl2O4. The summed E-state index contributed by atoms with van der Waals surface area (Å²) in [6.45, 7) is 0.203. The Labute approximate surface area is 166 Å². The molecule has 0 amide bonds. The second-order valence-electron chi connectivity index (χ2n) is 5.74. The Hall–Kier alpha value is -2.53. The zero-order valence-electron chi connectivity index (χ0n) is 14.1. The third-order valence-corrected chi connectivity index (χ3v) is 4.39. The van der Waals surface area contributed by atoms with Crippen LogP contribution in [0.4, 0.5) is 0 Å². The van der Waals surface area contributed by atoms with Gasteiger partial charge in [-0.1, -0.05) is 65.7 Å². The van der Waals surface area contributed by atoms with Crippen LogP contribution in [0.3, 0.4) is 0 Å². The molecule has 3 rings (SSSR count). The minimum absolute atomic E-state index is 0.139. The average Bonchev–Trinajstić information content (AvgIpc) is 2.67. The van der Waals surface area contributed by atoms with Gasteiger partial charge in [-0.05, 0) is 35.9 Å². The fraction of sp³-hybridized carbons (Fsp3) is 0.0952. The average molecular weight is 403 g/mol. The fourth-order valence-corrected chi connectivity index (χ4v) is 2.90. The van der Waals surface area contributed by atoms with Crippen molar-refractivity contribution in [2.75, 3.05) is 0 Å². The number of carbonyl (C=O) groups is 1. The summed E-state index contributed by atoms with van der Waals surface area (Å²) >= 11 is 12.1. The van der Waals surface area contributed by atoms with E-state index in [-0.39, 0.29) is 12.2 Å². The van der Waals surface area contributed by atoms with Crippen LogP contribution in [0.1, 0.15) is 27.8 Å². The van der Waals surface area contributed by atoms with Gasteiger partial charge in [0.1, 0.15) is 5.75 Å². The molecule has 4 nitrogen and oxygen atoms in total. The lowest BCUT2D eigenvalue weighted by Crippen LogP contribution is -2.12. The van der Waals surface area contributed by atoms with Gasteiger partial charge in [-0.2, -0.15) is 0 Å². The molecule has 1 atom stereocenters. The molecule has 27 heavy (non-hydrogen) atoms. The van der Waals surface area contributed by atoms with Crippen LogP contribution in [0.25, 0.3) is 0 Å². The predicted octanol–water partition coefficient (Wildman–Crippen LogP) is 5.99. The highest BCUT2D eigenvalue weighted by molar-refractivity contribution is 6.35. The molecule has 0 aliphatic rings. The topological polar surface area (TPSA) is 55.8 Å². The minimum atomic E-state index is -1.02. The summed E-state index contributed by atoms with van der Waals surface area (Å²) < 4.78 is 11.9. The molecule has 138 valence electrons. The van der Waals surface area contributed by atoms with Crippen molar-refractivity contribution in [3.05, 3.63) is 99.5 Å². The second kappa shape index (κ2) is 8.91. The van der Waals surface area contributed by atoms with Crippen LogP contribution in [0, 0.1) is 0 Å². The number of carboxylic acids is 1. The van der Waals surface area contributed by atoms with Crippen molar-refractivity contribution in [2.45, 2.75) is 12.9 Å². The smallest absolute Gasteiger partial charge is 0.335 e. The predicted molar refractivity (Wildman–Crippen MR) is 104 cm³/mol. The van der Waals surface area contributed by atoms with Gasteiger partial charge in [0.25, 0.3) is 0 Å². The van der Waals surface area contributed by atoms with Gasteiger partial charge in [0.2, 0.25) is 6.29 Å². The van der Waals surface area contributed by atoms with Crippen molar-refractivity contribution in [3.63, 3.8) is 0 Å². The molecule has 0 fully saturated rings. The first-order valence-corrected chi connectivity index (χ1v) is 8.89. The molecule has 0 radical (unpaired) electrons. The monoisotopic (exact) mass is 402 g/mol. The SMILES string of the molecule is O=C(O)c1cccc(OC(OCc2ccc(Cl)cc2Cl)c2ccccc2)c1. The van der Waals surface area contributed by atoms with Crippen LogP contribution in [-0.2, 0) is 11.3 Å². The van der Waals surface area contributed by atoms with Gasteiger partial charge in [-0.15, -0.1) is 0 Å². The second-order valence-corrected chi connectivity index (χ2v) is 6.58. The van der Waals surface area contributed by atoms with Gasteiger partial charge >= 0.3 is 5.97 Å². The summed E-state index contributed by atoms with van der Waals surface area (Å²) in [6.07, 6.45) is -0.734. The molecule has 0 aromatic heterocycles. The summed E-state index contributed by atoms with van der Waals surface area (Å²) in [6, 6.07) is 20.8. The Balaban J connectivity index is 1.81. The van der Waals surface area contributed by atoms with E-state index < -0.39 is 12.3 Å². The molecule has 3 aromatic carbocycles. The van der Waals surface area contributed by atoms with Crippen LogP contribution in [-0.4, -0.2) is 11.1 Å². The Morgan fingerprint density at radius 3 is 2.44 bits per heavy atom. The number of ether oxygens (including phenoxy) is 2. The molecule has 0 aliphatic heterocycles. The number of hydrogen-bond donors (Lipinski definition) is 1. The lowest BCUT2D eigenvalue weighted by molar-refractivity contribution is -0.0929. The quantitative estimate of drug-likeness (QED) is 0.493. The van der Waals surface area contributed by atoms with E-state index in [2.05, 4.69) is 0 Å². The standard InChI is InChI=1S/C21H16Cl2O4/c22-17-10-9-16(19(23)12-17)13-26-21(14-5-2-1-3-6-14)27-18-8-4-7-15(11-18)20(24)25/h1-12,21H,13H2,(H,24,25). The van der Waals surface area contributed by atoms with Crippen LogP contribution in [0.15, 0.2) is 72.8 Å². The summed E-state index contributed by atoms with van der Waals surface area (Å²) in [7, 11) is 0. The molecule has 0 spiro atoms. The Morgan fingerprint density at radius 1 is 0.963 bits per heavy atom. The van der Waals surface area contributed by atoms with Crippen molar-refractivity contribution >= 4 is 29.2 Å². The van der Waals surface area contributed by atoms with Crippen molar-refractivity contribution in [2.24, 2.45) is 0 Å². The first kappa shape index (κ1) is 19.2. The Kier molecular flexibility index (Phi) is 6.35. The van der Waals surface area contributed by atoms with E-state index in [0.717, 1.165) is 11.1 Å². The summed E-state index contributed by atoms with van der Waals surface area (Å²) in [5.74, 6) is -0.628. The van der Waals surface area contributed by atoms with E-state index in [1.54, 1.807) is 30.3 Å². The largest absolute Gasteiger partial charge is 0.478 e. The van der Waals surface area contributed by atoms with Gasteiger partial charge < -0.3 is 14.6 Å². The Bertz CT molecular complexity index is 928. The highest BCUT2D eigenvalue weighted by Crippen LogP contribution is 2.27. The summed E-state index contributed by atoms with van der Waals surface area (Å²) in [4.78, 5) is 11.2. The first-order chi connectivity index (χ1) is 13.0. The first-order valence-electron chi connectivity index (χ1n) is 8.13. The zero-order chi connectivity index (χ0) is 19.2. The zero-order valence-corrected chi connectivity index (χ0v) is 15.7.